The third-order valence-electron chi connectivity index (χ3n) is 6.26. The van der Waals surface area contributed by atoms with Crippen LogP contribution in [0.15, 0.2) is 64.5 Å². The fraction of sp³-hybridized carbons (Fsp3) is 0.440. The monoisotopic (exact) mass is 469 g/mol. The van der Waals surface area contributed by atoms with E-state index in [2.05, 4.69) is 22.4 Å². The molecule has 1 fully saturated rings. The number of rotatable bonds is 8. The summed E-state index contributed by atoms with van der Waals surface area (Å²) in [5.41, 5.74) is 4.22. The zero-order valence-corrected chi connectivity index (χ0v) is 20.2. The highest BCUT2D eigenvalue weighted by molar-refractivity contribution is 7.84. The van der Waals surface area contributed by atoms with Gasteiger partial charge in [0.05, 0.1) is 42.9 Å². The van der Waals surface area contributed by atoms with E-state index in [0.717, 1.165) is 41.4 Å². The van der Waals surface area contributed by atoms with E-state index in [1.54, 1.807) is 20.4 Å². The van der Waals surface area contributed by atoms with Crippen LogP contribution in [0.5, 0.6) is 5.75 Å². The van der Waals surface area contributed by atoms with Crippen molar-refractivity contribution < 1.29 is 18.5 Å². The Balaban J connectivity index is 1.58. The van der Waals surface area contributed by atoms with Crippen LogP contribution in [0.25, 0.3) is 0 Å². The van der Waals surface area contributed by atoms with Crippen molar-refractivity contribution in [3.8, 4) is 5.75 Å². The first kappa shape index (κ1) is 23.3. The summed E-state index contributed by atoms with van der Waals surface area (Å²) in [7, 11) is 2.52. The van der Waals surface area contributed by atoms with Crippen LogP contribution in [0, 0.1) is 5.92 Å². The van der Waals surface area contributed by atoms with Crippen LogP contribution in [-0.2, 0) is 20.3 Å². The number of carbonyl (C=O) groups is 1. The van der Waals surface area contributed by atoms with Crippen LogP contribution in [-0.4, -0.2) is 72.6 Å². The largest absolute Gasteiger partial charge is 0.501 e. The maximum absolute atomic E-state index is 12.2. The molecule has 0 bridgehead atoms. The second-order valence-corrected chi connectivity index (χ2v) is 9.97. The molecule has 2 unspecified atom stereocenters. The summed E-state index contributed by atoms with van der Waals surface area (Å²) in [6, 6.07) is 7.84. The predicted molar refractivity (Wildman–Crippen MR) is 131 cm³/mol. The number of nitrogens with one attached hydrogen (secondary N) is 1. The average Bonchev–Trinajstić information content (AvgIpc) is 3.33. The van der Waals surface area contributed by atoms with Gasteiger partial charge in [-0.05, 0) is 42.8 Å². The average molecular weight is 470 g/mol. The lowest BCUT2D eigenvalue weighted by Gasteiger charge is -2.33. The molecule has 8 heteroatoms. The van der Waals surface area contributed by atoms with Crippen LogP contribution >= 0.6 is 0 Å². The van der Waals surface area contributed by atoms with Gasteiger partial charge >= 0.3 is 0 Å². The van der Waals surface area contributed by atoms with Crippen molar-refractivity contribution >= 4 is 22.4 Å². The van der Waals surface area contributed by atoms with E-state index in [4.69, 9.17) is 14.5 Å². The Morgan fingerprint density at radius 2 is 2.06 bits per heavy atom. The van der Waals surface area contributed by atoms with Gasteiger partial charge in [-0.15, -0.1) is 0 Å². The number of methoxy groups -OCH3 is 1. The van der Waals surface area contributed by atoms with Crippen molar-refractivity contribution in [2.45, 2.75) is 18.9 Å². The van der Waals surface area contributed by atoms with Crippen molar-refractivity contribution in [3.63, 3.8) is 0 Å². The van der Waals surface area contributed by atoms with Crippen LogP contribution in [0.3, 0.4) is 0 Å². The molecule has 33 heavy (non-hydrogen) atoms. The number of carbonyl (C=O) groups excluding carboxylic acids is 1. The zero-order valence-electron chi connectivity index (χ0n) is 19.4. The highest BCUT2D eigenvalue weighted by atomic mass is 32.2. The van der Waals surface area contributed by atoms with Crippen LogP contribution in [0.1, 0.15) is 18.4 Å². The summed E-state index contributed by atoms with van der Waals surface area (Å²) in [5.74, 6) is 2.27. The molecular formula is C25H31N3O4S. The number of dihydropyridines is 1. The number of amides is 1. The molecule has 2 aliphatic heterocycles. The van der Waals surface area contributed by atoms with Crippen molar-refractivity contribution in [2.24, 2.45) is 10.9 Å². The highest BCUT2D eigenvalue weighted by Crippen LogP contribution is 2.36. The molecule has 1 aromatic carbocycles. The molecule has 0 aromatic heterocycles. The minimum atomic E-state index is -0.869. The van der Waals surface area contributed by atoms with Crippen LogP contribution < -0.4 is 10.1 Å². The molecule has 2 heterocycles. The number of hydrogen-bond acceptors (Lipinski definition) is 6. The second-order valence-electron chi connectivity index (χ2n) is 8.42. The summed E-state index contributed by atoms with van der Waals surface area (Å²) in [5, 5.41) is 2.78. The van der Waals surface area contributed by atoms with Gasteiger partial charge in [-0.25, -0.2) is 0 Å². The first-order chi connectivity index (χ1) is 16.0. The molecule has 0 radical (unpaired) electrons. The predicted octanol–water partition coefficient (Wildman–Crippen LogP) is 2.43. The molecule has 3 aliphatic rings. The first-order valence-corrected chi connectivity index (χ1v) is 13.0. The van der Waals surface area contributed by atoms with Gasteiger partial charge < -0.3 is 19.7 Å². The van der Waals surface area contributed by atoms with Gasteiger partial charge in [0, 0.05) is 60.4 Å². The number of hydrogen-bond donors (Lipinski definition) is 1. The first-order valence-electron chi connectivity index (χ1n) is 11.2. The van der Waals surface area contributed by atoms with Gasteiger partial charge in [0.2, 0.25) is 5.91 Å². The second kappa shape index (κ2) is 10.4. The molecule has 1 amide bonds. The van der Waals surface area contributed by atoms with Gasteiger partial charge in [0.15, 0.2) is 0 Å². The van der Waals surface area contributed by atoms with Gasteiger partial charge in [0.1, 0.15) is 5.75 Å². The molecule has 1 N–H and O–H groups in total. The summed E-state index contributed by atoms with van der Waals surface area (Å²) in [4.78, 5) is 19.5. The third kappa shape index (κ3) is 5.38. The molecule has 1 aliphatic carbocycles. The van der Waals surface area contributed by atoms with E-state index >= 15 is 0 Å². The summed E-state index contributed by atoms with van der Waals surface area (Å²) >= 11 is 0. The van der Waals surface area contributed by atoms with Crippen molar-refractivity contribution in [1.29, 1.82) is 0 Å². The number of allylic oxidation sites excluding steroid dienone is 3. The molecular weight excluding hydrogens is 438 g/mol. The number of likely N-dealkylation sites (tertiary alicyclic amines) is 1. The fourth-order valence-electron chi connectivity index (χ4n) is 4.43. The Kier molecular flexibility index (Phi) is 7.33. The van der Waals surface area contributed by atoms with Gasteiger partial charge in [-0.1, -0.05) is 6.08 Å². The molecule has 176 valence electrons. The lowest BCUT2D eigenvalue weighted by atomic mass is 9.90. The summed E-state index contributed by atoms with van der Waals surface area (Å²) in [6.45, 7) is 1.97. The molecule has 1 aromatic rings. The van der Waals surface area contributed by atoms with E-state index in [1.807, 2.05) is 30.3 Å². The van der Waals surface area contributed by atoms with Crippen molar-refractivity contribution in [3.05, 3.63) is 65.1 Å². The lowest BCUT2D eigenvalue weighted by molar-refractivity contribution is -0.124. The Bertz CT molecular complexity index is 1040. The molecule has 1 saturated heterocycles. The number of nitrogens with zero attached hydrogens (tertiary/aromatic N) is 2. The van der Waals surface area contributed by atoms with E-state index in [9.17, 15) is 9.00 Å². The van der Waals surface area contributed by atoms with E-state index in [1.165, 1.54) is 5.57 Å². The minimum absolute atomic E-state index is 0.000169. The van der Waals surface area contributed by atoms with Gasteiger partial charge in [-0.3, -0.25) is 14.0 Å². The third-order valence-corrected chi connectivity index (χ3v) is 7.01. The minimum Gasteiger partial charge on any atom is -0.501 e. The molecule has 0 saturated carbocycles. The van der Waals surface area contributed by atoms with E-state index < -0.39 is 10.8 Å². The maximum Gasteiger partial charge on any atom is 0.224 e. The molecule has 3 atom stereocenters. The number of benzene rings is 1. The molecule has 7 nitrogen and oxygen atoms in total. The molecule has 4 rings (SSSR count). The Hall–Kier alpha value is -2.87. The van der Waals surface area contributed by atoms with Crippen molar-refractivity contribution in [1.82, 2.24) is 10.2 Å². The van der Waals surface area contributed by atoms with Gasteiger partial charge in [-0.2, -0.15) is 0 Å². The van der Waals surface area contributed by atoms with E-state index in [-0.39, 0.29) is 17.9 Å². The smallest absolute Gasteiger partial charge is 0.224 e. The normalized spacial score (nSPS) is 22.9. The van der Waals surface area contributed by atoms with Crippen LogP contribution in [0.2, 0.25) is 0 Å². The molecule has 0 spiro atoms. The van der Waals surface area contributed by atoms with E-state index in [0.29, 0.717) is 25.3 Å². The lowest BCUT2D eigenvalue weighted by Crippen LogP contribution is -2.33. The maximum atomic E-state index is 12.2. The Morgan fingerprint density at radius 1 is 1.27 bits per heavy atom. The summed E-state index contributed by atoms with van der Waals surface area (Å²) < 4.78 is 22.4. The SMILES string of the molecule is CNC(=O)[C@H]1CCN(C2=CC(c3ccc(OCCS(C)=O)cc3)=NC3CC(OC)=CC=C23)C1. The fourth-order valence-corrected chi connectivity index (χ4v) is 4.75. The number of fused-ring (bicyclic) bond motifs is 1. The zero-order chi connectivity index (χ0) is 23.4. The highest BCUT2D eigenvalue weighted by Gasteiger charge is 2.34. The Labute approximate surface area is 197 Å². The van der Waals surface area contributed by atoms with Crippen molar-refractivity contribution in [2.75, 3.05) is 45.9 Å². The number of ether oxygens (including phenoxy) is 2. The van der Waals surface area contributed by atoms with Crippen LogP contribution in [0.4, 0.5) is 0 Å². The standard InChI is InChI=1S/C25H31N3O4S/c1-26-25(29)18-10-11-28(16-18)24-15-22(27-23-14-20(31-2)8-9-21(23)24)17-4-6-19(7-5-17)32-12-13-33(3)30/h4-9,15,18,23H,10-14,16H2,1-3H3,(H,26,29)/t18-,23?,33?/m0/s1. The summed E-state index contributed by atoms with van der Waals surface area (Å²) in [6.07, 6.45) is 9.48. The topological polar surface area (TPSA) is 80.2 Å². The number of aliphatic imine (C=N–C) groups is 1. The Morgan fingerprint density at radius 3 is 2.76 bits per heavy atom. The quantitative estimate of drug-likeness (QED) is 0.633. The van der Waals surface area contributed by atoms with Gasteiger partial charge in [0.25, 0.3) is 0 Å².